The van der Waals surface area contributed by atoms with Gasteiger partial charge in [0, 0.05) is 29.1 Å². The summed E-state index contributed by atoms with van der Waals surface area (Å²) in [6.07, 6.45) is -4.48. The molecule has 12 heteroatoms. The van der Waals surface area contributed by atoms with Gasteiger partial charge in [-0.1, -0.05) is 48.9 Å². The Balaban J connectivity index is 1.50. The summed E-state index contributed by atoms with van der Waals surface area (Å²) in [7, 11) is 0. The Morgan fingerprint density at radius 2 is 1.59 bits per heavy atom. The summed E-state index contributed by atoms with van der Waals surface area (Å²) in [5.74, 6) is -0.634. The van der Waals surface area contributed by atoms with Gasteiger partial charge in [0.2, 0.25) is 0 Å². The molecule has 0 spiro atoms. The first kappa shape index (κ1) is 36.6. The number of halogens is 6. The molecule has 1 N–H and O–H groups in total. The van der Waals surface area contributed by atoms with Crippen LogP contribution in [-0.4, -0.2) is 65.2 Å². The largest absolute Gasteiger partial charge is 0.491 e. The zero-order valence-corrected chi connectivity index (χ0v) is 28.7. The smallest absolute Gasteiger partial charge is 0.416 e. The van der Waals surface area contributed by atoms with Crippen LogP contribution in [0.5, 0.6) is 5.75 Å². The highest BCUT2D eigenvalue weighted by molar-refractivity contribution is 6.09. The molecule has 2 fully saturated rings. The molecular formula is C39H42F6N4O2. The lowest BCUT2D eigenvalue weighted by atomic mass is 9.93. The van der Waals surface area contributed by atoms with Crippen LogP contribution in [-0.2, 0) is 12.7 Å². The number of amides is 1. The average molecular weight is 713 g/mol. The van der Waals surface area contributed by atoms with Crippen LogP contribution in [0.15, 0.2) is 72.8 Å². The van der Waals surface area contributed by atoms with Crippen molar-refractivity contribution in [3.05, 3.63) is 95.1 Å². The zero-order valence-electron chi connectivity index (χ0n) is 28.7. The van der Waals surface area contributed by atoms with Gasteiger partial charge in [0.1, 0.15) is 5.75 Å². The fraction of sp³-hybridized carbons (Fsp3) is 0.436. The number of aromatic nitrogens is 1. The van der Waals surface area contributed by atoms with Gasteiger partial charge in [0.25, 0.3) is 5.91 Å². The number of carbonyl (C=O) groups is 1. The minimum atomic E-state index is -4.84. The van der Waals surface area contributed by atoms with E-state index in [4.69, 9.17) is 9.72 Å². The summed E-state index contributed by atoms with van der Waals surface area (Å²) < 4.78 is 91.6. The van der Waals surface area contributed by atoms with Crippen molar-refractivity contribution < 1.29 is 35.9 Å². The molecule has 3 aromatic carbocycles. The number of likely N-dealkylation sites (tertiary alicyclic amines) is 2. The second kappa shape index (κ2) is 15.2. The first-order valence-electron chi connectivity index (χ1n) is 17.5. The molecular weight excluding hydrogens is 670 g/mol. The molecule has 0 aliphatic carbocycles. The minimum absolute atomic E-state index is 0.0787. The van der Waals surface area contributed by atoms with E-state index in [0.29, 0.717) is 24.9 Å². The summed E-state index contributed by atoms with van der Waals surface area (Å²) >= 11 is 0. The third-order valence-corrected chi connectivity index (χ3v) is 9.70. The number of hydrogen-bond donors (Lipinski definition) is 1. The number of ether oxygens (including phenoxy) is 1. The van der Waals surface area contributed by atoms with Crippen molar-refractivity contribution in [2.24, 2.45) is 0 Å². The van der Waals surface area contributed by atoms with Crippen LogP contribution in [0.3, 0.4) is 0 Å². The fourth-order valence-electron chi connectivity index (χ4n) is 7.27. The Morgan fingerprint density at radius 1 is 0.882 bits per heavy atom. The van der Waals surface area contributed by atoms with Crippen LogP contribution in [0, 0.1) is 0 Å². The van der Waals surface area contributed by atoms with Crippen LogP contribution in [0.1, 0.15) is 79.0 Å². The SMILES string of the molecule is CC(C)Oc1ccc2nc(-c3cccc(C(F)(F)F)c3)c(CN3CCC(N4CCCCC4)CC3)c(C(=O)N[C@H](c3ccccc3)C(F)(F)F)c2c1. The van der Waals surface area contributed by atoms with Crippen molar-refractivity contribution in [3.63, 3.8) is 0 Å². The van der Waals surface area contributed by atoms with E-state index in [9.17, 15) is 31.1 Å². The molecule has 0 saturated carbocycles. The molecule has 0 bridgehead atoms. The van der Waals surface area contributed by atoms with Crippen molar-refractivity contribution in [2.75, 3.05) is 26.2 Å². The third kappa shape index (κ3) is 8.66. The molecule has 4 aromatic rings. The van der Waals surface area contributed by atoms with Gasteiger partial charge in [0.05, 0.1) is 28.4 Å². The lowest BCUT2D eigenvalue weighted by molar-refractivity contribution is -0.155. The predicted molar refractivity (Wildman–Crippen MR) is 184 cm³/mol. The number of hydrogen-bond acceptors (Lipinski definition) is 5. The lowest BCUT2D eigenvalue weighted by Crippen LogP contribution is -2.46. The third-order valence-electron chi connectivity index (χ3n) is 9.70. The molecule has 2 aliphatic rings. The van der Waals surface area contributed by atoms with E-state index in [-0.39, 0.29) is 51.5 Å². The topological polar surface area (TPSA) is 57.7 Å². The second-order valence-corrected chi connectivity index (χ2v) is 13.7. The van der Waals surface area contributed by atoms with Crippen LogP contribution >= 0.6 is 0 Å². The van der Waals surface area contributed by atoms with Crippen molar-refractivity contribution in [1.82, 2.24) is 20.1 Å². The van der Waals surface area contributed by atoms with Gasteiger partial charge in [-0.3, -0.25) is 9.69 Å². The molecule has 3 heterocycles. The van der Waals surface area contributed by atoms with Crippen LogP contribution in [0.4, 0.5) is 26.3 Å². The van der Waals surface area contributed by atoms with Gasteiger partial charge in [-0.2, -0.15) is 26.3 Å². The van der Waals surface area contributed by atoms with E-state index >= 15 is 0 Å². The van der Waals surface area contributed by atoms with Crippen molar-refractivity contribution in [1.29, 1.82) is 0 Å². The average Bonchev–Trinajstić information content (AvgIpc) is 3.10. The van der Waals surface area contributed by atoms with Gasteiger partial charge in [0.15, 0.2) is 6.04 Å². The first-order chi connectivity index (χ1) is 24.3. The Bertz CT molecular complexity index is 1810. The molecule has 272 valence electrons. The number of rotatable bonds is 9. The maximum absolute atomic E-state index is 14.6. The summed E-state index contributed by atoms with van der Waals surface area (Å²) in [6.45, 7) is 7.12. The number of piperidine rings is 2. The number of nitrogens with zero attached hydrogens (tertiary/aromatic N) is 3. The number of alkyl halides is 6. The number of fused-ring (bicyclic) bond motifs is 1. The molecule has 1 aromatic heterocycles. The van der Waals surface area contributed by atoms with Gasteiger partial charge in [-0.05, 0) is 102 Å². The van der Waals surface area contributed by atoms with E-state index in [2.05, 4.69) is 15.1 Å². The number of pyridine rings is 1. The maximum atomic E-state index is 14.6. The van der Waals surface area contributed by atoms with Gasteiger partial charge >= 0.3 is 12.4 Å². The van der Waals surface area contributed by atoms with E-state index in [1.807, 2.05) is 13.8 Å². The van der Waals surface area contributed by atoms with Gasteiger partial charge in [-0.15, -0.1) is 0 Å². The quantitative estimate of drug-likeness (QED) is 0.176. The zero-order chi connectivity index (χ0) is 36.3. The van der Waals surface area contributed by atoms with Crippen LogP contribution in [0.2, 0.25) is 0 Å². The highest BCUT2D eigenvalue weighted by Gasteiger charge is 2.43. The van der Waals surface area contributed by atoms with E-state index < -0.39 is 29.9 Å². The van der Waals surface area contributed by atoms with Crippen LogP contribution < -0.4 is 10.1 Å². The minimum Gasteiger partial charge on any atom is -0.491 e. The van der Waals surface area contributed by atoms with Gasteiger partial charge < -0.3 is 15.0 Å². The number of carbonyl (C=O) groups excluding carboxylic acids is 1. The number of nitrogens with one attached hydrogen (secondary N) is 1. The lowest BCUT2D eigenvalue weighted by Gasteiger charge is -2.40. The maximum Gasteiger partial charge on any atom is 0.416 e. The monoisotopic (exact) mass is 712 g/mol. The van der Waals surface area contributed by atoms with Crippen molar-refractivity contribution in [2.45, 2.75) is 83.0 Å². The first-order valence-corrected chi connectivity index (χ1v) is 17.5. The standard InChI is InChI=1S/C39H42F6N4O2/c1-25(2)51-30-14-15-33-31(23-30)34(37(50)47-36(39(43,44)45)26-10-5-3-6-11-26)32(35(46-33)27-12-9-13-28(22-27)38(40,41)42)24-48-20-16-29(17-21-48)49-18-7-4-8-19-49/h3,5-6,9-15,22-23,25,29,36H,4,7-8,16-21,24H2,1-2H3,(H,47,50)/t36-/m1/s1. The summed E-state index contributed by atoms with van der Waals surface area (Å²) in [5, 5.41) is 2.49. The van der Waals surface area contributed by atoms with Gasteiger partial charge in [-0.25, -0.2) is 4.98 Å². The molecule has 2 saturated heterocycles. The Kier molecular flexibility index (Phi) is 10.9. The summed E-state index contributed by atoms with van der Waals surface area (Å²) in [5.41, 5.74) is -0.423. The summed E-state index contributed by atoms with van der Waals surface area (Å²) in [6, 6.07) is 14.6. The van der Waals surface area contributed by atoms with Crippen molar-refractivity contribution >= 4 is 16.8 Å². The Labute approximate surface area is 293 Å². The Morgan fingerprint density at radius 3 is 2.24 bits per heavy atom. The van der Waals surface area contributed by atoms with E-state index in [1.165, 1.54) is 42.8 Å². The molecule has 51 heavy (non-hydrogen) atoms. The fourth-order valence-corrected chi connectivity index (χ4v) is 7.27. The molecule has 2 aliphatic heterocycles. The van der Waals surface area contributed by atoms with E-state index in [1.54, 1.807) is 24.3 Å². The molecule has 1 atom stereocenters. The normalized spacial score (nSPS) is 17.5. The van der Waals surface area contributed by atoms with Crippen molar-refractivity contribution in [3.8, 4) is 17.0 Å². The Hall–Kier alpha value is -4.16. The molecule has 0 unspecified atom stereocenters. The molecule has 6 nitrogen and oxygen atoms in total. The predicted octanol–water partition coefficient (Wildman–Crippen LogP) is 9.19. The second-order valence-electron chi connectivity index (χ2n) is 13.7. The molecule has 0 radical (unpaired) electrons. The molecule has 6 rings (SSSR count). The van der Waals surface area contributed by atoms with E-state index in [0.717, 1.165) is 50.9 Å². The summed E-state index contributed by atoms with van der Waals surface area (Å²) in [4.78, 5) is 23.9. The highest BCUT2D eigenvalue weighted by atomic mass is 19.4. The number of benzene rings is 3. The highest BCUT2D eigenvalue weighted by Crippen LogP contribution is 2.39. The van der Waals surface area contributed by atoms with Crippen LogP contribution in [0.25, 0.3) is 22.2 Å². The molecule has 1 amide bonds.